The molecule has 0 spiro atoms. The van der Waals surface area contributed by atoms with Crippen LogP contribution in [-0.2, 0) is 15.6 Å². The molecule has 17 heavy (non-hydrogen) atoms. The number of benzene rings is 2. The molecule has 0 radical (unpaired) electrons. The van der Waals surface area contributed by atoms with E-state index >= 15 is 0 Å². The van der Waals surface area contributed by atoms with Gasteiger partial charge < -0.3 is 5.21 Å². The molecule has 0 saturated heterocycles. The Kier molecular flexibility index (Phi) is 1.86. The minimum Gasteiger partial charge on any atom is -0.619 e. The smallest absolute Gasteiger partial charge is 0.220 e. The molecule has 0 unspecified atom stereocenters. The van der Waals surface area contributed by atoms with Gasteiger partial charge in [-0.3, -0.25) is 0 Å². The van der Waals surface area contributed by atoms with Crippen LogP contribution in [0.3, 0.4) is 0 Å². The molecule has 2 aromatic rings. The van der Waals surface area contributed by atoms with E-state index in [1.165, 1.54) is 0 Å². The van der Waals surface area contributed by atoms with Gasteiger partial charge in [0.25, 0.3) is 0 Å². The molecule has 0 aromatic heterocycles. The van der Waals surface area contributed by atoms with Crippen molar-refractivity contribution in [3.05, 3.63) is 41.1 Å². The first-order chi connectivity index (χ1) is 8.00. The standard InChI is InChI=1S/C12H9NO3S/c1-13(14)10-6-5-8-3-2-4-11-12(8)9(10)7-17(11,15)16/h2-6H,1,7H2. The van der Waals surface area contributed by atoms with E-state index in [9.17, 15) is 13.6 Å². The van der Waals surface area contributed by atoms with Gasteiger partial charge >= 0.3 is 0 Å². The monoisotopic (exact) mass is 247 g/mol. The zero-order valence-electron chi connectivity index (χ0n) is 8.88. The Morgan fingerprint density at radius 2 is 2.00 bits per heavy atom. The summed E-state index contributed by atoms with van der Waals surface area (Å²) in [6, 6.07) is 8.49. The van der Waals surface area contributed by atoms with Crippen molar-refractivity contribution in [3.8, 4) is 0 Å². The van der Waals surface area contributed by atoms with Crippen LogP contribution in [-0.4, -0.2) is 19.9 Å². The third-order valence-corrected chi connectivity index (χ3v) is 4.71. The minimum absolute atomic E-state index is 0.118. The van der Waals surface area contributed by atoms with Gasteiger partial charge in [-0.05, 0) is 17.5 Å². The Hall–Kier alpha value is -1.88. The summed E-state index contributed by atoms with van der Waals surface area (Å²) in [6.07, 6.45) is 0. The van der Waals surface area contributed by atoms with Crippen molar-refractivity contribution >= 4 is 33.0 Å². The first-order valence-electron chi connectivity index (χ1n) is 5.06. The Morgan fingerprint density at radius 1 is 1.24 bits per heavy atom. The fourth-order valence-corrected chi connectivity index (χ4v) is 3.98. The molecule has 0 saturated carbocycles. The summed E-state index contributed by atoms with van der Waals surface area (Å²) in [4.78, 5) is 0.314. The fraction of sp³-hybridized carbons (Fsp3) is 0.0833. The molecular weight excluding hydrogens is 238 g/mol. The highest BCUT2D eigenvalue weighted by Crippen LogP contribution is 2.40. The van der Waals surface area contributed by atoms with Gasteiger partial charge in [-0.25, -0.2) is 8.42 Å². The third kappa shape index (κ3) is 1.29. The number of hydrogen-bond acceptors (Lipinski definition) is 3. The summed E-state index contributed by atoms with van der Waals surface area (Å²) in [5.41, 5.74) is 0.883. The second-order valence-corrected chi connectivity index (χ2v) is 6.01. The van der Waals surface area contributed by atoms with Crippen molar-refractivity contribution in [3.63, 3.8) is 0 Å². The van der Waals surface area contributed by atoms with E-state index in [0.717, 1.165) is 5.39 Å². The summed E-state index contributed by atoms with van der Waals surface area (Å²) in [5, 5.41) is 12.8. The maximum absolute atomic E-state index is 12.0. The Morgan fingerprint density at radius 3 is 2.71 bits per heavy atom. The first-order valence-corrected chi connectivity index (χ1v) is 6.71. The van der Waals surface area contributed by atoms with E-state index in [0.29, 0.717) is 26.3 Å². The molecule has 1 aliphatic heterocycles. The maximum atomic E-state index is 12.0. The lowest BCUT2D eigenvalue weighted by atomic mass is 10.0. The second kappa shape index (κ2) is 3.07. The van der Waals surface area contributed by atoms with Crippen LogP contribution in [0.25, 0.3) is 10.8 Å². The van der Waals surface area contributed by atoms with Crippen molar-refractivity contribution in [2.45, 2.75) is 10.6 Å². The lowest BCUT2D eigenvalue weighted by molar-refractivity contribution is -0.350. The maximum Gasteiger partial charge on any atom is 0.220 e. The lowest BCUT2D eigenvalue weighted by Crippen LogP contribution is -1.99. The molecule has 2 aromatic carbocycles. The molecule has 0 aliphatic carbocycles. The van der Waals surface area contributed by atoms with Gasteiger partial charge in [-0.15, -0.1) is 0 Å². The average molecular weight is 247 g/mol. The number of nitrogens with zero attached hydrogens (tertiary/aromatic N) is 1. The van der Waals surface area contributed by atoms with Gasteiger partial charge in [-0.1, -0.05) is 12.1 Å². The first kappa shape index (κ1) is 10.3. The molecule has 4 nitrogen and oxygen atoms in total. The summed E-state index contributed by atoms with van der Waals surface area (Å²) < 4.78 is 24.4. The highest BCUT2D eigenvalue weighted by Gasteiger charge is 2.32. The van der Waals surface area contributed by atoms with E-state index in [4.69, 9.17) is 0 Å². The quantitative estimate of drug-likeness (QED) is 0.335. The molecule has 3 rings (SSSR count). The van der Waals surface area contributed by atoms with E-state index < -0.39 is 9.84 Å². The van der Waals surface area contributed by atoms with Crippen molar-refractivity contribution < 1.29 is 13.2 Å². The zero-order chi connectivity index (χ0) is 12.2. The predicted molar refractivity (Wildman–Crippen MR) is 65.2 cm³/mol. The predicted octanol–water partition coefficient (Wildman–Crippen LogP) is 1.97. The lowest BCUT2D eigenvalue weighted by Gasteiger charge is -2.05. The fourth-order valence-electron chi connectivity index (χ4n) is 2.31. The van der Waals surface area contributed by atoms with Crippen LogP contribution >= 0.6 is 0 Å². The highest BCUT2D eigenvalue weighted by atomic mass is 32.2. The van der Waals surface area contributed by atoms with Crippen LogP contribution in [0.2, 0.25) is 0 Å². The van der Waals surface area contributed by atoms with Gasteiger partial charge in [0.05, 0.1) is 10.6 Å². The van der Waals surface area contributed by atoms with Crippen LogP contribution in [0.1, 0.15) is 5.56 Å². The Bertz CT molecular complexity index is 763. The summed E-state index contributed by atoms with van der Waals surface area (Å²) in [5.74, 6) is -0.118. The topological polar surface area (TPSA) is 60.2 Å². The van der Waals surface area contributed by atoms with Crippen molar-refractivity contribution in [1.82, 2.24) is 0 Å². The molecule has 0 bridgehead atoms. The minimum atomic E-state index is -3.31. The number of rotatable bonds is 1. The van der Waals surface area contributed by atoms with Crippen LogP contribution in [0.5, 0.6) is 0 Å². The summed E-state index contributed by atoms with van der Waals surface area (Å²) in [7, 11) is -3.31. The van der Waals surface area contributed by atoms with Crippen molar-refractivity contribution in [1.29, 1.82) is 0 Å². The van der Waals surface area contributed by atoms with Crippen LogP contribution < -0.4 is 0 Å². The van der Waals surface area contributed by atoms with E-state index in [-0.39, 0.29) is 5.75 Å². The second-order valence-electron chi connectivity index (χ2n) is 4.06. The van der Waals surface area contributed by atoms with Gasteiger partial charge in [0.15, 0.2) is 9.84 Å². The van der Waals surface area contributed by atoms with Gasteiger partial charge in [-0.2, -0.15) is 4.74 Å². The van der Waals surface area contributed by atoms with E-state index in [2.05, 4.69) is 6.72 Å². The molecule has 0 N–H and O–H groups in total. The van der Waals surface area contributed by atoms with Crippen molar-refractivity contribution in [2.75, 3.05) is 0 Å². The zero-order valence-corrected chi connectivity index (χ0v) is 9.70. The molecule has 0 amide bonds. The number of sulfone groups is 1. The van der Waals surface area contributed by atoms with E-state index in [1.807, 2.05) is 6.07 Å². The molecule has 5 heteroatoms. The molecule has 0 fully saturated rings. The third-order valence-electron chi connectivity index (χ3n) is 3.03. The largest absolute Gasteiger partial charge is 0.619 e. The van der Waals surface area contributed by atoms with Gasteiger partial charge in [0, 0.05) is 17.0 Å². The number of hydrogen-bond donors (Lipinski definition) is 0. The van der Waals surface area contributed by atoms with Crippen molar-refractivity contribution in [2.24, 2.45) is 0 Å². The Labute approximate surface area is 98.3 Å². The normalized spacial score (nSPS) is 16.2. The van der Waals surface area contributed by atoms with Gasteiger partial charge in [0.2, 0.25) is 5.69 Å². The SMILES string of the molecule is C=[N+]([O-])c1ccc2cccc3c2c1CS3(=O)=O. The van der Waals surface area contributed by atoms with Crippen LogP contribution in [0.4, 0.5) is 5.69 Å². The highest BCUT2D eigenvalue weighted by molar-refractivity contribution is 7.91. The summed E-state index contributed by atoms with van der Waals surface area (Å²) in [6.45, 7) is 3.28. The van der Waals surface area contributed by atoms with E-state index in [1.54, 1.807) is 24.3 Å². The summed E-state index contributed by atoms with van der Waals surface area (Å²) >= 11 is 0. The van der Waals surface area contributed by atoms with Gasteiger partial charge in [0.1, 0.15) is 6.72 Å². The molecule has 86 valence electrons. The average Bonchev–Trinajstić information content (AvgIpc) is 2.53. The molecule has 1 aliphatic rings. The molecular formula is C12H9NO3S. The van der Waals surface area contributed by atoms with Crippen LogP contribution in [0, 0.1) is 5.21 Å². The Balaban J connectivity index is 2.54. The van der Waals surface area contributed by atoms with Crippen LogP contribution in [0.15, 0.2) is 35.2 Å². The molecule has 1 heterocycles. The molecule has 0 atom stereocenters.